The first-order valence-electron chi connectivity index (χ1n) is 6.92. The number of likely N-dealkylation sites (tertiary alicyclic amines) is 1. The first-order valence-corrected chi connectivity index (χ1v) is 6.92. The maximum Gasteiger partial charge on any atom is 0.219 e. The Hall–Kier alpha value is -0.570. The van der Waals surface area contributed by atoms with Crippen molar-refractivity contribution in [2.45, 2.75) is 78.4 Å². The lowest BCUT2D eigenvalue weighted by Crippen LogP contribution is -2.50. The Kier molecular flexibility index (Phi) is 4.82. The van der Waals surface area contributed by atoms with E-state index < -0.39 is 0 Å². The molecule has 1 amide bonds. The molecule has 0 spiro atoms. The first kappa shape index (κ1) is 15.5. The quantitative estimate of drug-likeness (QED) is 0.780. The van der Waals surface area contributed by atoms with E-state index in [1.54, 1.807) is 6.92 Å². The second-order valence-corrected chi connectivity index (χ2v) is 6.73. The summed E-state index contributed by atoms with van der Waals surface area (Å²) < 4.78 is 0. The van der Waals surface area contributed by atoms with E-state index in [9.17, 15) is 4.79 Å². The van der Waals surface area contributed by atoms with Gasteiger partial charge in [0.05, 0.1) is 0 Å². The number of amides is 1. The summed E-state index contributed by atoms with van der Waals surface area (Å²) in [7, 11) is 0. The van der Waals surface area contributed by atoms with Crippen molar-refractivity contribution in [3.05, 3.63) is 0 Å². The van der Waals surface area contributed by atoms with Gasteiger partial charge < -0.3 is 10.2 Å². The summed E-state index contributed by atoms with van der Waals surface area (Å²) in [6.45, 7) is 9.35. The molecule has 18 heavy (non-hydrogen) atoms. The van der Waals surface area contributed by atoms with Crippen LogP contribution in [0.2, 0.25) is 0 Å². The molecule has 0 bridgehead atoms. The van der Waals surface area contributed by atoms with Gasteiger partial charge in [0.2, 0.25) is 5.91 Å². The number of fused-ring (bicyclic) bond motifs is 1. The highest BCUT2D eigenvalue weighted by molar-refractivity contribution is 5.74. The fraction of sp³-hybridized carbons (Fsp3) is 0.933. The average Bonchev–Trinajstić information content (AvgIpc) is 2.57. The molecule has 0 unspecified atom stereocenters. The van der Waals surface area contributed by atoms with Gasteiger partial charge in [0.25, 0.3) is 0 Å². The number of rotatable bonds is 1. The zero-order chi connectivity index (χ0) is 12.6. The molecular formula is C15H30N2O. The van der Waals surface area contributed by atoms with Gasteiger partial charge in [-0.15, -0.1) is 0 Å². The molecule has 1 N–H and O–H groups in total. The zero-order valence-corrected chi connectivity index (χ0v) is 11.6. The number of nitrogens with zero attached hydrogens (tertiary/aromatic N) is 1. The minimum absolute atomic E-state index is 0. The van der Waals surface area contributed by atoms with E-state index in [0.717, 1.165) is 18.9 Å². The van der Waals surface area contributed by atoms with Crippen molar-refractivity contribution in [3.8, 4) is 0 Å². The molecule has 3 heteroatoms. The van der Waals surface area contributed by atoms with Crippen LogP contribution in [0.4, 0.5) is 0 Å². The molecule has 3 atom stereocenters. The van der Waals surface area contributed by atoms with Gasteiger partial charge in [-0.3, -0.25) is 4.79 Å². The Morgan fingerprint density at radius 1 is 1.22 bits per heavy atom. The fourth-order valence-electron chi connectivity index (χ4n) is 3.53. The summed E-state index contributed by atoms with van der Waals surface area (Å²) in [5.74, 6) is 1.02. The minimum Gasteiger partial charge on any atom is -0.340 e. The molecule has 3 nitrogen and oxygen atoms in total. The maximum atomic E-state index is 11.6. The van der Waals surface area contributed by atoms with Gasteiger partial charge in [0, 0.05) is 31.1 Å². The third kappa shape index (κ3) is 3.47. The molecule has 0 aromatic carbocycles. The van der Waals surface area contributed by atoms with E-state index in [0.29, 0.717) is 12.1 Å². The second kappa shape index (κ2) is 5.60. The van der Waals surface area contributed by atoms with E-state index >= 15 is 0 Å². The minimum atomic E-state index is 0. The largest absolute Gasteiger partial charge is 0.340 e. The van der Waals surface area contributed by atoms with E-state index in [1.807, 2.05) is 0 Å². The highest BCUT2D eigenvalue weighted by Gasteiger charge is 2.40. The van der Waals surface area contributed by atoms with E-state index in [1.165, 1.54) is 19.3 Å². The third-order valence-corrected chi connectivity index (χ3v) is 4.14. The molecule has 1 aliphatic heterocycles. The van der Waals surface area contributed by atoms with Crippen LogP contribution in [0.5, 0.6) is 0 Å². The Balaban J connectivity index is 0.00000162. The predicted molar refractivity (Wildman–Crippen MR) is 76.5 cm³/mol. The number of nitrogens with one attached hydrogen (secondary N) is 1. The van der Waals surface area contributed by atoms with Crippen molar-refractivity contribution >= 4 is 5.91 Å². The van der Waals surface area contributed by atoms with E-state index in [4.69, 9.17) is 0 Å². The van der Waals surface area contributed by atoms with Gasteiger partial charge in [0.1, 0.15) is 0 Å². The molecule has 0 radical (unpaired) electrons. The summed E-state index contributed by atoms with van der Waals surface area (Å²) in [6, 6.07) is 1.08. The van der Waals surface area contributed by atoms with Gasteiger partial charge in [-0.1, -0.05) is 7.43 Å². The Morgan fingerprint density at radius 3 is 2.44 bits per heavy atom. The van der Waals surface area contributed by atoms with Gasteiger partial charge in [0.15, 0.2) is 0 Å². The van der Waals surface area contributed by atoms with Crippen LogP contribution in [0.3, 0.4) is 0 Å². The molecule has 2 rings (SSSR count). The summed E-state index contributed by atoms with van der Waals surface area (Å²) in [6.07, 6.45) is 4.90. The highest BCUT2D eigenvalue weighted by atomic mass is 16.2. The number of hydrogen-bond acceptors (Lipinski definition) is 2. The summed E-state index contributed by atoms with van der Waals surface area (Å²) >= 11 is 0. The van der Waals surface area contributed by atoms with E-state index in [-0.39, 0.29) is 18.9 Å². The maximum absolute atomic E-state index is 11.6. The number of carbonyl (C=O) groups excluding carboxylic acids is 1. The Bertz CT molecular complexity index is 295. The van der Waals surface area contributed by atoms with Crippen molar-refractivity contribution < 1.29 is 4.79 Å². The van der Waals surface area contributed by atoms with Crippen LogP contribution in [-0.4, -0.2) is 35.0 Å². The van der Waals surface area contributed by atoms with Crippen LogP contribution in [0.15, 0.2) is 0 Å². The molecular weight excluding hydrogens is 224 g/mol. The van der Waals surface area contributed by atoms with Gasteiger partial charge in [-0.25, -0.2) is 0 Å². The molecule has 0 aromatic heterocycles. The Morgan fingerprint density at radius 2 is 1.89 bits per heavy atom. The van der Waals surface area contributed by atoms with Crippen molar-refractivity contribution in [1.29, 1.82) is 0 Å². The second-order valence-electron chi connectivity index (χ2n) is 6.73. The van der Waals surface area contributed by atoms with Crippen molar-refractivity contribution in [3.63, 3.8) is 0 Å². The summed E-state index contributed by atoms with van der Waals surface area (Å²) in [4.78, 5) is 13.7. The fourth-order valence-corrected chi connectivity index (χ4v) is 3.53. The van der Waals surface area contributed by atoms with Crippen molar-refractivity contribution in [2.75, 3.05) is 6.54 Å². The monoisotopic (exact) mass is 254 g/mol. The van der Waals surface area contributed by atoms with Gasteiger partial charge >= 0.3 is 0 Å². The van der Waals surface area contributed by atoms with Crippen LogP contribution in [0, 0.1) is 5.92 Å². The molecule has 1 aliphatic carbocycles. The zero-order valence-electron chi connectivity index (χ0n) is 11.6. The molecule has 2 fully saturated rings. The molecule has 1 saturated heterocycles. The lowest BCUT2D eigenvalue weighted by atomic mass is 9.81. The topological polar surface area (TPSA) is 32.3 Å². The smallest absolute Gasteiger partial charge is 0.219 e. The van der Waals surface area contributed by atoms with Crippen LogP contribution in [-0.2, 0) is 4.79 Å². The molecule has 1 heterocycles. The van der Waals surface area contributed by atoms with Crippen molar-refractivity contribution in [1.82, 2.24) is 10.2 Å². The molecule has 2 aliphatic rings. The van der Waals surface area contributed by atoms with Crippen molar-refractivity contribution in [2.24, 2.45) is 5.92 Å². The normalized spacial score (nSPS) is 31.8. The lowest BCUT2D eigenvalue weighted by Gasteiger charge is -2.39. The molecule has 106 valence electrons. The SMILES string of the molecule is C.CC(=O)N1CC[C@H]2CC[C@@H](NC(C)(C)C)C[C@H]21. The third-order valence-electron chi connectivity index (χ3n) is 4.14. The number of hydrogen-bond donors (Lipinski definition) is 1. The van der Waals surface area contributed by atoms with E-state index in [2.05, 4.69) is 31.0 Å². The average molecular weight is 254 g/mol. The Labute approximate surface area is 112 Å². The summed E-state index contributed by atoms with van der Waals surface area (Å²) in [5, 5.41) is 3.69. The van der Waals surface area contributed by atoms with Crippen LogP contribution < -0.4 is 5.32 Å². The number of carbonyl (C=O) groups is 1. The first-order chi connectivity index (χ1) is 7.87. The predicted octanol–water partition coefficient (Wildman–Crippen LogP) is 2.80. The van der Waals surface area contributed by atoms with Gasteiger partial charge in [-0.2, -0.15) is 0 Å². The van der Waals surface area contributed by atoms with Crippen LogP contribution in [0.25, 0.3) is 0 Å². The summed E-state index contributed by atoms with van der Waals surface area (Å²) in [5.41, 5.74) is 0.178. The highest BCUT2D eigenvalue weighted by Crippen LogP contribution is 2.36. The van der Waals surface area contributed by atoms with Crippen LogP contribution in [0.1, 0.15) is 60.8 Å². The van der Waals surface area contributed by atoms with Gasteiger partial charge in [-0.05, 0) is 52.4 Å². The molecule has 0 aromatic rings. The molecule has 1 saturated carbocycles. The standard InChI is InChI=1S/C14H26N2O.CH4/c1-10(17)16-8-7-11-5-6-12(9-13(11)16)15-14(2,3)4;/h11-13,15H,5-9H2,1-4H3;1H4/t11-,12-,13-;/m1./s1. The van der Waals surface area contributed by atoms with Crippen LogP contribution >= 0.6 is 0 Å². The lowest BCUT2D eigenvalue weighted by molar-refractivity contribution is -0.130.